The van der Waals surface area contributed by atoms with Gasteiger partial charge < -0.3 is 0 Å². The lowest BCUT2D eigenvalue weighted by atomic mass is 9.86. The number of fused-ring (bicyclic) bond motifs is 4. The lowest BCUT2D eigenvalue weighted by molar-refractivity contribution is 0.594. The molecule has 1 aromatic heterocycles. The van der Waals surface area contributed by atoms with Gasteiger partial charge in [-0.2, -0.15) is 0 Å². The minimum atomic E-state index is -3.67. The molecule has 2 heterocycles. The van der Waals surface area contributed by atoms with Gasteiger partial charge in [-0.3, -0.25) is 4.57 Å². The summed E-state index contributed by atoms with van der Waals surface area (Å²) in [5, 5.41) is 4.69. The lowest BCUT2D eigenvalue weighted by Crippen LogP contribution is -2.14. The van der Waals surface area contributed by atoms with Gasteiger partial charge in [0.25, 0.3) is 0 Å². The zero-order chi connectivity index (χ0) is 30.7. The molecule has 5 heteroatoms. The van der Waals surface area contributed by atoms with Crippen molar-refractivity contribution in [1.29, 1.82) is 0 Å². The monoisotopic (exact) mass is 600 g/mol. The molecule has 0 unspecified atom stereocenters. The van der Waals surface area contributed by atoms with Crippen LogP contribution in [0, 0.1) is 0 Å². The molecule has 0 aliphatic carbocycles. The van der Waals surface area contributed by atoms with E-state index in [-0.39, 0.29) is 4.90 Å². The number of sulfone groups is 1. The fourth-order valence-corrected chi connectivity index (χ4v) is 8.41. The van der Waals surface area contributed by atoms with E-state index in [0.29, 0.717) is 27.4 Å². The van der Waals surface area contributed by atoms with Crippen LogP contribution in [-0.2, 0) is 9.84 Å². The number of benzene rings is 6. The van der Waals surface area contributed by atoms with Crippen LogP contribution in [0.3, 0.4) is 0 Å². The van der Waals surface area contributed by atoms with E-state index in [4.69, 9.17) is 4.98 Å². The van der Waals surface area contributed by atoms with Gasteiger partial charge in [-0.1, -0.05) is 116 Å². The number of imidazole rings is 1. The number of allylic oxidation sites excluding steroid dienone is 5. The van der Waals surface area contributed by atoms with Gasteiger partial charge in [-0.05, 0) is 81.1 Å². The summed E-state index contributed by atoms with van der Waals surface area (Å²) in [6, 6.07) is 38.1. The van der Waals surface area contributed by atoms with E-state index >= 15 is 0 Å². The third kappa shape index (κ3) is 4.05. The van der Waals surface area contributed by atoms with Crippen molar-refractivity contribution in [2.45, 2.75) is 16.7 Å². The first-order valence-electron chi connectivity index (χ1n) is 14.9. The number of hydrogen-bond acceptors (Lipinski definition) is 3. The highest BCUT2D eigenvalue weighted by Gasteiger charge is 2.33. The number of rotatable bonds is 5. The van der Waals surface area contributed by atoms with Gasteiger partial charge in [0.1, 0.15) is 5.82 Å². The summed E-state index contributed by atoms with van der Waals surface area (Å²) >= 11 is 0. The molecular formula is C40H28N2O2S. The Morgan fingerprint density at radius 2 is 1.33 bits per heavy atom. The first kappa shape index (κ1) is 27.1. The summed E-state index contributed by atoms with van der Waals surface area (Å²) in [4.78, 5) is 5.60. The van der Waals surface area contributed by atoms with Gasteiger partial charge in [0, 0.05) is 5.56 Å². The molecule has 4 nitrogen and oxygen atoms in total. The second-order valence-electron chi connectivity index (χ2n) is 11.3. The first-order valence-corrected chi connectivity index (χ1v) is 16.3. The van der Waals surface area contributed by atoms with Crippen LogP contribution in [-0.4, -0.2) is 18.0 Å². The van der Waals surface area contributed by atoms with Gasteiger partial charge >= 0.3 is 0 Å². The summed E-state index contributed by atoms with van der Waals surface area (Å²) in [5.41, 5.74) is 7.40. The Kier molecular flexibility index (Phi) is 6.19. The smallest absolute Gasteiger partial charge is 0.210 e. The quantitative estimate of drug-likeness (QED) is 0.146. The van der Waals surface area contributed by atoms with E-state index in [2.05, 4.69) is 92.4 Å². The van der Waals surface area contributed by atoms with Gasteiger partial charge in [0.05, 0.1) is 26.5 Å². The second kappa shape index (κ2) is 10.3. The van der Waals surface area contributed by atoms with Crippen LogP contribution in [0.1, 0.15) is 12.5 Å². The molecule has 0 radical (unpaired) electrons. The molecular weight excluding hydrogens is 573 g/mol. The van der Waals surface area contributed by atoms with Crippen LogP contribution < -0.4 is 0 Å². The minimum Gasteiger partial charge on any atom is -0.290 e. The molecule has 0 fully saturated rings. The summed E-state index contributed by atoms with van der Waals surface area (Å²) in [7, 11) is -3.67. The maximum Gasteiger partial charge on any atom is 0.210 e. The fraction of sp³-hybridized carbons (Fsp3) is 0.0250. The minimum absolute atomic E-state index is 0.285. The molecule has 0 N–H and O–H groups in total. The SMILES string of the molecule is C=C/C=C\C=C(/C)c1c2ccccc2c(-c2cccc(-c3nc4cccc5c4n3-c3ccccc3S5(=O)=O)c2)c2ccccc12. The van der Waals surface area contributed by atoms with Crippen molar-refractivity contribution in [3.05, 3.63) is 152 Å². The van der Waals surface area contributed by atoms with Crippen molar-refractivity contribution in [1.82, 2.24) is 9.55 Å². The van der Waals surface area contributed by atoms with Crippen molar-refractivity contribution in [3.8, 4) is 28.2 Å². The van der Waals surface area contributed by atoms with Gasteiger partial charge in [-0.25, -0.2) is 13.4 Å². The van der Waals surface area contributed by atoms with E-state index in [1.54, 1.807) is 30.3 Å². The van der Waals surface area contributed by atoms with Crippen LogP contribution in [0.15, 0.2) is 156 Å². The van der Waals surface area contributed by atoms with Crippen molar-refractivity contribution in [3.63, 3.8) is 0 Å². The molecule has 6 aromatic carbocycles. The Morgan fingerprint density at radius 1 is 0.711 bits per heavy atom. The Morgan fingerprint density at radius 3 is 2.07 bits per heavy atom. The van der Waals surface area contributed by atoms with Crippen LogP contribution in [0.5, 0.6) is 0 Å². The number of nitrogens with zero attached hydrogens (tertiary/aromatic N) is 2. The molecule has 0 atom stereocenters. The Hall–Kier alpha value is -5.52. The summed E-state index contributed by atoms with van der Waals surface area (Å²) < 4.78 is 29.2. The van der Waals surface area contributed by atoms with E-state index < -0.39 is 9.84 Å². The molecule has 1 aliphatic rings. The van der Waals surface area contributed by atoms with Gasteiger partial charge in [-0.15, -0.1) is 0 Å². The highest BCUT2D eigenvalue weighted by molar-refractivity contribution is 7.92. The number of para-hydroxylation sites is 2. The predicted octanol–water partition coefficient (Wildman–Crippen LogP) is 9.96. The molecule has 1 aliphatic heterocycles. The van der Waals surface area contributed by atoms with Crippen LogP contribution >= 0.6 is 0 Å². The maximum atomic E-state index is 13.6. The van der Waals surface area contributed by atoms with Crippen molar-refractivity contribution >= 4 is 48.0 Å². The summed E-state index contributed by atoms with van der Waals surface area (Å²) in [5.74, 6) is 0.708. The molecule has 0 saturated carbocycles. The molecule has 7 aromatic rings. The average Bonchev–Trinajstić information content (AvgIpc) is 3.47. The molecule has 45 heavy (non-hydrogen) atoms. The van der Waals surface area contributed by atoms with E-state index in [9.17, 15) is 8.42 Å². The summed E-state index contributed by atoms with van der Waals surface area (Å²) in [6.45, 7) is 5.96. The summed E-state index contributed by atoms with van der Waals surface area (Å²) in [6.07, 6.45) is 7.89. The van der Waals surface area contributed by atoms with Gasteiger partial charge in [0.2, 0.25) is 9.84 Å². The highest BCUT2D eigenvalue weighted by Crippen LogP contribution is 2.44. The number of hydrogen-bond donors (Lipinski definition) is 0. The lowest BCUT2D eigenvalue weighted by Gasteiger charge is -2.21. The molecule has 8 rings (SSSR count). The van der Waals surface area contributed by atoms with Gasteiger partial charge in [0.15, 0.2) is 0 Å². The average molecular weight is 601 g/mol. The maximum absolute atomic E-state index is 13.6. The van der Waals surface area contributed by atoms with E-state index in [0.717, 1.165) is 27.5 Å². The molecule has 0 spiro atoms. The topological polar surface area (TPSA) is 52.0 Å². The zero-order valence-corrected chi connectivity index (χ0v) is 25.4. The van der Waals surface area contributed by atoms with E-state index in [1.807, 2.05) is 34.9 Å². The van der Waals surface area contributed by atoms with Crippen molar-refractivity contribution in [2.75, 3.05) is 0 Å². The molecule has 0 amide bonds. The molecule has 0 bridgehead atoms. The van der Waals surface area contributed by atoms with E-state index in [1.165, 1.54) is 21.9 Å². The Balaban J connectivity index is 1.41. The fourth-order valence-electron chi connectivity index (χ4n) is 6.77. The number of aromatic nitrogens is 2. The van der Waals surface area contributed by atoms with Crippen LogP contribution in [0.4, 0.5) is 0 Å². The molecule has 0 saturated heterocycles. The third-order valence-corrected chi connectivity index (χ3v) is 10.5. The van der Waals surface area contributed by atoms with Crippen molar-refractivity contribution in [2.24, 2.45) is 0 Å². The van der Waals surface area contributed by atoms with Crippen LogP contribution in [0.25, 0.3) is 66.4 Å². The standard InChI is InChI=1S/C40H28N2O2S/c1-3-4-5-14-26(2)37-29-17-6-8-19-31(29)38(32-20-9-7-18-30(32)37)27-15-12-16-28(25-27)40-41-33-21-13-24-36-39(33)42(40)34-22-10-11-23-35(34)45(36,43)44/h3-25H,1H2,2H3/b5-4-,26-14+. The van der Waals surface area contributed by atoms with Crippen LogP contribution in [0.2, 0.25) is 0 Å². The first-order chi connectivity index (χ1) is 22.0. The Bertz CT molecular complexity index is 2480. The van der Waals surface area contributed by atoms with Crippen molar-refractivity contribution < 1.29 is 8.42 Å². The predicted molar refractivity (Wildman–Crippen MR) is 185 cm³/mol. The molecule has 216 valence electrons. The third-order valence-electron chi connectivity index (χ3n) is 8.65. The zero-order valence-electron chi connectivity index (χ0n) is 24.6. The largest absolute Gasteiger partial charge is 0.290 e. The Labute approximate surface area is 261 Å². The normalized spacial score (nSPS) is 13.9. The highest BCUT2D eigenvalue weighted by atomic mass is 32.2. The second-order valence-corrected chi connectivity index (χ2v) is 13.1.